The van der Waals surface area contributed by atoms with Gasteiger partial charge in [0.2, 0.25) is 0 Å². The van der Waals surface area contributed by atoms with Crippen LogP contribution >= 0.6 is 0 Å². The van der Waals surface area contributed by atoms with Crippen LogP contribution < -0.4 is 5.32 Å². The molecule has 0 aliphatic carbocycles. The molecule has 102 valence electrons. The molecule has 0 spiro atoms. The van der Waals surface area contributed by atoms with Crippen molar-refractivity contribution < 1.29 is 13.2 Å². The number of carbonyl (C=O) groups excluding carboxylic acids is 1. The summed E-state index contributed by atoms with van der Waals surface area (Å²) in [7, 11) is -3.10. The molecule has 0 aliphatic heterocycles. The van der Waals surface area contributed by atoms with E-state index in [1.54, 1.807) is 25.3 Å². The molecule has 1 unspecified atom stereocenters. The summed E-state index contributed by atoms with van der Waals surface area (Å²) in [5.41, 5.74) is 1.48. The van der Waals surface area contributed by atoms with Crippen molar-refractivity contribution in [2.45, 2.75) is 13.0 Å². The highest BCUT2D eigenvalue weighted by molar-refractivity contribution is 7.90. The Morgan fingerprint density at radius 3 is 2.79 bits per heavy atom. The molecule has 0 saturated carbocycles. The van der Waals surface area contributed by atoms with Gasteiger partial charge in [-0.3, -0.25) is 4.79 Å². The number of sulfone groups is 1. The molecule has 0 bridgehead atoms. The van der Waals surface area contributed by atoms with E-state index in [2.05, 4.69) is 10.3 Å². The zero-order valence-corrected chi connectivity index (χ0v) is 11.6. The quantitative estimate of drug-likeness (QED) is 0.886. The van der Waals surface area contributed by atoms with Crippen LogP contribution in [0.4, 0.5) is 0 Å². The zero-order chi connectivity index (χ0) is 14.0. The molecule has 2 aromatic rings. The maximum atomic E-state index is 12.0. The van der Waals surface area contributed by atoms with Gasteiger partial charge in [0.25, 0.3) is 5.91 Å². The Bertz CT molecular complexity index is 704. The Kier molecular flexibility index (Phi) is 3.61. The number of carbonyl (C=O) groups is 1. The number of amides is 1. The van der Waals surface area contributed by atoms with Crippen molar-refractivity contribution in [1.29, 1.82) is 0 Å². The first kappa shape index (κ1) is 13.6. The molecule has 0 fully saturated rings. The van der Waals surface area contributed by atoms with Gasteiger partial charge in [0.15, 0.2) is 0 Å². The number of benzene rings is 1. The normalized spacial score (nSPS) is 13.4. The fourth-order valence-corrected chi connectivity index (χ4v) is 2.99. The summed E-state index contributed by atoms with van der Waals surface area (Å²) in [5, 5.41) is 3.63. The number of hydrogen-bond donors (Lipinski definition) is 2. The Balaban J connectivity index is 2.11. The minimum atomic E-state index is -3.10. The molecule has 2 N–H and O–H groups in total. The van der Waals surface area contributed by atoms with Crippen molar-refractivity contribution in [2.24, 2.45) is 0 Å². The minimum Gasteiger partial charge on any atom is -0.361 e. The maximum absolute atomic E-state index is 12.0. The average molecular weight is 280 g/mol. The van der Waals surface area contributed by atoms with E-state index in [0.29, 0.717) is 5.56 Å². The van der Waals surface area contributed by atoms with Crippen molar-refractivity contribution in [1.82, 2.24) is 10.3 Å². The lowest BCUT2D eigenvalue weighted by molar-refractivity contribution is 0.0944. The molecule has 1 atom stereocenters. The lowest BCUT2D eigenvalue weighted by Gasteiger charge is -2.12. The third-order valence-electron chi connectivity index (χ3n) is 2.75. The maximum Gasteiger partial charge on any atom is 0.251 e. The van der Waals surface area contributed by atoms with Crippen LogP contribution in [0.1, 0.15) is 17.3 Å². The molecule has 0 saturated heterocycles. The number of rotatable bonds is 4. The van der Waals surface area contributed by atoms with Crippen molar-refractivity contribution in [2.75, 3.05) is 12.0 Å². The average Bonchev–Trinajstić information content (AvgIpc) is 2.72. The molecular formula is C13H16N2O3S. The van der Waals surface area contributed by atoms with Crippen LogP contribution in [0.25, 0.3) is 10.9 Å². The lowest BCUT2D eigenvalue weighted by atomic mass is 10.1. The first-order valence-corrected chi connectivity index (χ1v) is 7.97. The van der Waals surface area contributed by atoms with Crippen LogP contribution in [0.5, 0.6) is 0 Å². The van der Waals surface area contributed by atoms with E-state index in [4.69, 9.17) is 0 Å². The topological polar surface area (TPSA) is 79.0 Å². The van der Waals surface area contributed by atoms with Gasteiger partial charge in [-0.25, -0.2) is 8.42 Å². The Labute approximate surface area is 111 Å². The van der Waals surface area contributed by atoms with E-state index < -0.39 is 15.9 Å². The second-order valence-corrected chi connectivity index (χ2v) is 6.93. The largest absolute Gasteiger partial charge is 0.361 e. The molecule has 1 amide bonds. The summed E-state index contributed by atoms with van der Waals surface area (Å²) < 4.78 is 22.3. The molecule has 6 heteroatoms. The first-order valence-electron chi connectivity index (χ1n) is 5.91. The van der Waals surface area contributed by atoms with E-state index >= 15 is 0 Å². The van der Waals surface area contributed by atoms with Crippen LogP contribution in [0, 0.1) is 0 Å². The van der Waals surface area contributed by atoms with E-state index in [1.807, 2.05) is 12.1 Å². The molecular weight excluding hydrogens is 264 g/mol. The lowest BCUT2D eigenvalue weighted by Crippen LogP contribution is -2.37. The fraction of sp³-hybridized carbons (Fsp3) is 0.308. The number of hydrogen-bond acceptors (Lipinski definition) is 3. The summed E-state index contributed by atoms with van der Waals surface area (Å²) in [6.07, 6.45) is 2.96. The fourth-order valence-electron chi connectivity index (χ4n) is 2.00. The summed E-state index contributed by atoms with van der Waals surface area (Å²) in [4.78, 5) is 15.0. The second kappa shape index (κ2) is 5.05. The minimum absolute atomic E-state index is 0.0643. The Hall–Kier alpha value is -1.82. The number of fused-ring (bicyclic) bond motifs is 1. The standard InChI is InChI=1S/C13H16N2O3S/c1-9(8-19(2,17)18)15-13(16)11-3-4-12-10(7-11)5-6-14-12/h3-7,9,14H,8H2,1-2H3,(H,15,16). The van der Waals surface area contributed by atoms with Crippen molar-refractivity contribution in [3.8, 4) is 0 Å². The van der Waals surface area contributed by atoms with Crippen LogP contribution in [0.15, 0.2) is 30.5 Å². The summed E-state index contributed by atoms with van der Waals surface area (Å²) >= 11 is 0. The summed E-state index contributed by atoms with van der Waals surface area (Å²) in [6.45, 7) is 1.67. The predicted octanol–water partition coefficient (Wildman–Crippen LogP) is 1.33. The molecule has 1 aromatic carbocycles. The van der Waals surface area contributed by atoms with Gasteiger partial charge in [-0.15, -0.1) is 0 Å². The van der Waals surface area contributed by atoms with Crippen molar-refractivity contribution in [3.05, 3.63) is 36.0 Å². The summed E-state index contributed by atoms with van der Waals surface area (Å²) in [5.74, 6) is -0.329. The highest BCUT2D eigenvalue weighted by Crippen LogP contribution is 2.14. The van der Waals surface area contributed by atoms with Crippen LogP contribution in [0.3, 0.4) is 0 Å². The van der Waals surface area contributed by atoms with Crippen LogP contribution in [-0.4, -0.2) is 37.4 Å². The zero-order valence-electron chi connectivity index (χ0n) is 10.8. The van der Waals surface area contributed by atoms with E-state index in [-0.39, 0.29) is 11.7 Å². The number of aromatic nitrogens is 1. The van der Waals surface area contributed by atoms with Crippen molar-refractivity contribution >= 4 is 26.6 Å². The van der Waals surface area contributed by atoms with Crippen molar-refractivity contribution in [3.63, 3.8) is 0 Å². The van der Waals surface area contributed by atoms with Gasteiger partial charge in [0.1, 0.15) is 9.84 Å². The van der Waals surface area contributed by atoms with Crippen LogP contribution in [0.2, 0.25) is 0 Å². The molecule has 1 heterocycles. The molecule has 0 aliphatic rings. The molecule has 1 aromatic heterocycles. The Morgan fingerprint density at radius 2 is 2.11 bits per heavy atom. The third-order valence-corrected chi connectivity index (χ3v) is 3.85. The second-order valence-electron chi connectivity index (χ2n) is 4.75. The highest BCUT2D eigenvalue weighted by atomic mass is 32.2. The molecule has 19 heavy (non-hydrogen) atoms. The monoisotopic (exact) mass is 280 g/mol. The van der Waals surface area contributed by atoms with E-state index in [1.165, 1.54) is 0 Å². The van der Waals surface area contributed by atoms with Gasteiger partial charge in [0, 0.05) is 35.0 Å². The molecule has 5 nitrogen and oxygen atoms in total. The first-order chi connectivity index (χ1) is 8.85. The van der Waals surface area contributed by atoms with Gasteiger partial charge >= 0.3 is 0 Å². The van der Waals surface area contributed by atoms with Gasteiger partial charge in [-0.2, -0.15) is 0 Å². The number of aromatic amines is 1. The van der Waals surface area contributed by atoms with E-state index in [9.17, 15) is 13.2 Å². The van der Waals surface area contributed by atoms with Gasteiger partial charge in [0.05, 0.1) is 5.75 Å². The molecule has 2 rings (SSSR count). The van der Waals surface area contributed by atoms with Crippen LogP contribution in [-0.2, 0) is 9.84 Å². The van der Waals surface area contributed by atoms with Gasteiger partial charge < -0.3 is 10.3 Å². The smallest absolute Gasteiger partial charge is 0.251 e. The highest BCUT2D eigenvalue weighted by Gasteiger charge is 2.14. The van der Waals surface area contributed by atoms with Gasteiger partial charge in [-0.1, -0.05) is 0 Å². The van der Waals surface area contributed by atoms with E-state index in [0.717, 1.165) is 17.2 Å². The Morgan fingerprint density at radius 1 is 1.37 bits per heavy atom. The third kappa shape index (κ3) is 3.57. The predicted molar refractivity (Wildman–Crippen MR) is 74.9 cm³/mol. The SMILES string of the molecule is CC(CS(C)(=O)=O)NC(=O)c1ccc2[nH]ccc2c1. The number of nitrogens with one attached hydrogen (secondary N) is 2. The molecule has 0 radical (unpaired) electrons. The van der Waals surface area contributed by atoms with Gasteiger partial charge in [-0.05, 0) is 31.2 Å². The summed E-state index contributed by atoms with van der Waals surface area (Å²) in [6, 6.07) is 6.78. The number of H-pyrrole nitrogens is 1.